The smallest absolute Gasteiger partial charge is 0.342 e. The summed E-state index contributed by atoms with van der Waals surface area (Å²) >= 11 is 6.00. The fraction of sp³-hybridized carbons (Fsp3) is 0.286. The molecule has 2 aromatic carbocycles. The molecule has 1 saturated heterocycles. The summed E-state index contributed by atoms with van der Waals surface area (Å²) in [5.41, 5.74) is 6.19. The normalized spacial score (nSPS) is 14.5. The van der Waals surface area contributed by atoms with Crippen LogP contribution in [0.15, 0.2) is 63.3 Å². The number of aromatic nitrogens is 1. The van der Waals surface area contributed by atoms with Gasteiger partial charge in [0.2, 0.25) is 10.0 Å². The zero-order valence-corrected chi connectivity index (χ0v) is 23.6. The van der Waals surface area contributed by atoms with Crippen molar-refractivity contribution in [2.45, 2.75) is 38.0 Å². The molecule has 2 heterocycles. The van der Waals surface area contributed by atoms with Crippen molar-refractivity contribution >= 4 is 39.1 Å². The average Bonchev–Trinajstić information content (AvgIpc) is 2.96. The predicted octanol–water partition coefficient (Wildman–Crippen LogP) is 4.25. The van der Waals surface area contributed by atoms with Crippen LogP contribution in [0.5, 0.6) is 0 Å². The number of anilines is 1. The number of nitrogens with zero attached hydrogens (tertiary/aromatic N) is 4. The third-order valence-electron chi connectivity index (χ3n) is 6.59. The Hall–Kier alpha value is -3.98. The van der Waals surface area contributed by atoms with E-state index in [1.807, 2.05) is 6.07 Å². The molecule has 0 saturated carbocycles. The standard InChI is InChI=1S/C28H28ClN5O5S/c1-3-39-28(36)25-24(20-7-11-21(29)12-8-20)23(17-30)27(35)34(26(25)31)32-18(2)19-9-13-22(14-10-19)40(37,38)33-15-5-4-6-16-33/h7-14H,3-6,15-16,31H2,1-2H3/b32-18+. The molecule has 4 rings (SSSR count). The molecule has 2 N–H and O–H groups in total. The van der Waals surface area contributed by atoms with Gasteiger partial charge in [-0.2, -0.15) is 19.3 Å². The molecule has 1 fully saturated rings. The maximum atomic E-state index is 13.4. The van der Waals surface area contributed by atoms with Gasteiger partial charge in [0.25, 0.3) is 5.56 Å². The Bertz CT molecular complexity index is 1670. The number of ether oxygens (including phenoxy) is 1. The summed E-state index contributed by atoms with van der Waals surface area (Å²) in [7, 11) is -3.62. The van der Waals surface area contributed by atoms with E-state index in [1.54, 1.807) is 50.2 Å². The number of pyridine rings is 1. The average molecular weight is 582 g/mol. The van der Waals surface area contributed by atoms with Gasteiger partial charge in [0.15, 0.2) is 0 Å². The number of hydrogen-bond donors (Lipinski definition) is 1. The zero-order valence-electron chi connectivity index (χ0n) is 22.1. The van der Waals surface area contributed by atoms with Crippen LogP contribution >= 0.6 is 11.6 Å². The monoisotopic (exact) mass is 581 g/mol. The summed E-state index contributed by atoms with van der Waals surface area (Å²) in [4.78, 5) is 26.6. The van der Waals surface area contributed by atoms with Crippen LogP contribution in [0.3, 0.4) is 0 Å². The summed E-state index contributed by atoms with van der Waals surface area (Å²) < 4.78 is 33.5. The van der Waals surface area contributed by atoms with Crippen LogP contribution in [0.4, 0.5) is 5.82 Å². The number of rotatable bonds is 7. The molecule has 1 aromatic heterocycles. The fourth-order valence-electron chi connectivity index (χ4n) is 4.53. The second-order valence-corrected chi connectivity index (χ2v) is 11.5. The molecule has 3 aromatic rings. The predicted molar refractivity (Wildman–Crippen MR) is 153 cm³/mol. The first kappa shape index (κ1) is 29.0. The van der Waals surface area contributed by atoms with E-state index in [0.29, 0.717) is 35.0 Å². The van der Waals surface area contributed by atoms with Gasteiger partial charge in [-0.3, -0.25) is 4.79 Å². The maximum Gasteiger partial charge on any atom is 0.342 e. The summed E-state index contributed by atoms with van der Waals surface area (Å²) in [6.45, 7) is 4.23. The molecule has 1 aliphatic rings. The van der Waals surface area contributed by atoms with E-state index in [0.717, 1.165) is 23.9 Å². The Morgan fingerprint density at radius 2 is 1.73 bits per heavy atom. The minimum atomic E-state index is -3.62. The molecular formula is C28H28ClN5O5S. The van der Waals surface area contributed by atoms with Gasteiger partial charge < -0.3 is 10.5 Å². The lowest BCUT2D eigenvalue weighted by molar-refractivity contribution is 0.0527. The molecule has 10 nitrogen and oxygen atoms in total. The summed E-state index contributed by atoms with van der Waals surface area (Å²) in [6, 6.07) is 14.3. The number of carbonyl (C=O) groups excluding carboxylic acids is 1. The Labute approximate surface area is 237 Å². The maximum absolute atomic E-state index is 13.4. The number of hydrogen-bond acceptors (Lipinski definition) is 8. The minimum Gasteiger partial charge on any atom is -0.462 e. The number of nitriles is 1. The van der Waals surface area contributed by atoms with E-state index in [-0.39, 0.29) is 34.0 Å². The Morgan fingerprint density at radius 1 is 1.10 bits per heavy atom. The summed E-state index contributed by atoms with van der Waals surface area (Å²) in [6.07, 6.45) is 2.66. The minimum absolute atomic E-state index is 0.0245. The van der Waals surface area contributed by atoms with Gasteiger partial charge in [-0.15, -0.1) is 0 Å². The fourth-order valence-corrected chi connectivity index (χ4v) is 6.17. The molecular weight excluding hydrogens is 554 g/mol. The van der Waals surface area contributed by atoms with E-state index in [2.05, 4.69) is 5.10 Å². The number of nitrogen functional groups attached to an aromatic ring is 1. The van der Waals surface area contributed by atoms with Crippen molar-refractivity contribution < 1.29 is 17.9 Å². The Balaban J connectivity index is 1.81. The highest BCUT2D eigenvalue weighted by molar-refractivity contribution is 7.89. The number of nitrogens with two attached hydrogens (primary N) is 1. The first-order valence-corrected chi connectivity index (χ1v) is 14.5. The third-order valence-corrected chi connectivity index (χ3v) is 8.75. The highest BCUT2D eigenvalue weighted by atomic mass is 35.5. The molecule has 1 aliphatic heterocycles. The highest BCUT2D eigenvalue weighted by Crippen LogP contribution is 2.31. The van der Waals surface area contributed by atoms with Crippen molar-refractivity contribution in [2.24, 2.45) is 5.10 Å². The van der Waals surface area contributed by atoms with Crippen LogP contribution in [-0.2, 0) is 14.8 Å². The van der Waals surface area contributed by atoms with Gasteiger partial charge >= 0.3 is 5.97 Å². The Kier molecular flexibility index (Phi) is 8.73. The molecule has 0 atom stereocenters. The van der Waals surface area contributed by atoms with Crippen LogP contribution in [0.1, 0.15) is 54.6 Å². The number of sulfonamides is 1. The largest absolute Gasteiger partial charge is 0.462 e. The first-order valence-electron chi connectivity index (χ1n) is 12.7. The van der Waals surface area contributed by atoms with Crippen LogP contribution in [0.25, 0.3) is 11.1 Å². The van der Waals surface area contributed by atoms with Gasteiger partial charge in [0, 0.05) is 23.7 Å². The van der Waals surface area contributed by atoms with Crippen molar-refractivity contribution in [3.63, 3.8) is 0 Å². The topological polar surface area (TPSA) is 148 Å². The number of benzene rings is 2. The van der Waals surface area contributed by atoms with Crippen LogP contribution in [0.2, 0.25) is 5.02 Å². The molecule has 0 bridgehead atoms. The quantitative estimate of drug-likeness (QED) is 0.324. The Morgan fingerprint density at radius 3 is 2.30 bits per heavy atom. The van der Waals surface area contributed by atoms with Crippen molar-refractivity contribution in [2.75, 3.05) is 25.4 Å². The van der Waals surface area contributed by atoms with E-state index >= 15 is 0 Å². The molecule has 12 heteroatoms. The number of halogens is 1. The second-order valence-electron chi connectivity index (χ2n) is 9.14. The molecule has 0 unspecified atom stereocenters. The highest BCUT2D eigenvalue weighted by Gasteiger charge is 2.28. The number of piperidine rings is 1. The van der Waals surface area contributed by atoms with Crippen LogP contribution in [0, 0.1) is 11.3 Å². The van der Waals surface area contributed by atoms with E-state index in [4.69, 9.17) is 22.1 Å². The molecule has 208 valence electrons. The molecule has 40 heavy (non-hydrogen) atoms. The van der Waals surface area contributed by atoms with Gasteiger partial charge in [0.1, 0.15) is 23.0 Å². The van der Waals surface area contributed by atoms with Crippen molar-refractivity contribution in [3.05, 3.63) is 80.6 Å². The molecule has 0 aliphatic carbocycles. The van der Waals surface area contributed by atoms with Gasteiger partial charge in [-0.05, 0) is 62.1 Å². The number of carbonyl (C=O) groups is 1. The lowest BCUT2D eigenvalue weighted by Crippen LogP contribution is -2.35. The van der Waals surface area contributed by atoms with Crippen molar-refractivity contribution in [1.29, 1.82) is 5.26 Å². The molecule has 0 spiro atoms. The summed E-state index contributed by atoms with van der Waals surface area (Å²) in [5, 5.41) is 14.7. The third kappa shape index (κ3) is 5.65. The zero-order chi connectivity index (χ0) is 29.0. The summed E-state index contributed by atoms with van der Waals surface area (Å²) in [5.74, 6) is -1.13. The van der Waals surface area contributed by atoms with Gasteiger partial charge in [-0.25, -0.2) is 13.2 Å². The van der Waals surface area contributed by atoms with Gasteiger partial charge in [0.05, 0.1) is 17.2 Å². The van der Waals surface area contributed by atoms with Crippen molar-refractivity contribution in [1.82, 2.24) is 8.98 Å². The van der Waals surface area contributed by atoms with Crippen molar-refractivity contribution in [3.8, 4) is 17.2 Å². The lowest BCUT2D eigenvalue weighted by Gasteiger charge is -2.25. The second kappa shape index (κ2) is 12.0. The van der Waals surface area contributed by atoms with Gasteiger partial charge in [-0.1, -0.05) is 42.3 Å². The van der Waals surface area contributed by atoms with E-state index in [1.165, 1.54) is 16.4 Å². The first-order chi connectivity index (χ1) is 19.1. The van der Waals surface area contributed by atoms with E-state index < -0.39 is 21.6 Å². The van der Waals surface area contributed by atoms with E-state index in [9.17, 15) is 23.3 Å². The van der Waals surface area contributed by atoms with Crippen LogP contribution in [-0.4, -0.2) is 48.8 Å². The lowest BCUT2D eigenvalue weighted by atomic mass is 9.96. The SMILES string of the molecule is CCOC(=O)c1c(-c2ccc(Cl)cc2)c(C#N)c(=O)n(/N=C(\C)c2ccc(S(=O)(=O)N3CCCCC3)cc2)c1N. The van der Waals surface area contributed by atoms with Crippen LogP contribution < -0.4 is 11.3 Å². The molecule has 0 radical (unpaired) electrons. The molecule has 0 amide bonds. The number of esters is 1.